The van der Waals surface area contributed by atoms with Crippen LogP contribution in [0, 0.1) is 0 Å². The number of carbonyl (C=O) groups excluding carboxylic acids is 1. The Morgan fingerprint density at radius 1 is 1.47 bits per heavy atom. The smallest absolute Gasteiger partial charge is 0.253 e. The second kappa shape index (κ2) is 4.93. The molecule has 2 aliphatic rings. The molecule has 1 aliphatic carbocycles. The van der Waals surface area contributed by atoms with E-state index in [1.54, 1.807) is 0 Å². The molecule has 0 aromatic rings. The highest BCUT2D eigenvalue weighted by Gasteiger charge is 2.28. The first-order valence-electron chi connectivity index (χ1n) is 5.45. The van der Waals surface area contributed by atoms with Gasteiger partial charge in [0.1, 0.15) is 12.0 Å². The zero-order valence-electron chi connectivity index (χ0n) is 9.23. The van der Waals surface area contributed by atoms with Crippen LogP contribution >= 0.6 is 0 Å². The highest BCUT2D eigenvalue weighted by Crippen LogP contribution is 2.22. The van der Waals surface area contributed by atoms with E-state index in [2.05, 4.69) is 0 Å². The predicted octanol–water partition coefficient (Wildman–Crippen LogP) is 0.304. The molecule has 1 amide bonds. The molecular weight excluding hydrogens is 230 g/mol. The third-order valence-corrected chi connectivity index (χ3v) is 2.84. The van der Waals surface area contributed by atoms with Gasteiger partial charge in [-0.05, 0) is 12.2 Å². The molecule has 0 saturated carbocycles. The lowest BCUT2D eigenvalue weighted by atomic mass is 10.00. The maximum atomic E-state index is 13.3. The molecule has 94 valence electrons. The molecule has 0 aromatic carbocycles. The second-order valence-electron chi connectivity index (χ2n) is 4.03. The molecule has 1 heterocycles. The Kier molecular flexibility index (Phi) is 3.54. The van der Waals surface area contributed by atoms with Crippen molar-refractivity contribution < 1.29 is 18.3 Å². The monoisotopic (exact) mass is 244 g/mol. The predicted molar refractivity (Wildman–Crippen MR) is 57.5 cm³/mol. The molecule has 4 nitrogen and oxygen atoms in total. The van der Waals surface area contributed by atoms with E-state index in [-0.39, 0.29) is 11.5 Å². The summed E-state index contributed by atoms with van der Waals surface area (Å²) in [5, 5.41) is 0. The van der Waals surface area contributed by atoms with Crippen LogP contribution in [0.5, 0.6) is 0 Å². The van der Waals surface area contributed by atoms with E-state index in [0.29, 0.717) is 26.3 Å². The quantitative estimate of drug-likeness (QED) is 0.722. The molecule has 1 saturated heterocycles. The summed E-state index contributed by atoms with van der Waals surface area (Å²) in [5.74, 6) is -1.17. The number of ether oxygens (including phenoxy) is 1. The lowest BCUT2D eigenvalue weighted by molar-refractivity contribution is -0.130. The Hall–Kier alpha value is -1.27. The maximum absolute atomic E-state index is 13.3. The summed E-state index contributed by atoms with van der Waals surface area (Å²) in [6.07, 6.45) is 0.435. The van der Waals surface area contributed by atoms with Crippen molar-refractivity contribution in [1.82, 2.24) is 4.90 Å². The summed E-state index contributed by atoms with van der Waals surface area (Å²) in [5.41, 5.74) is 5.28. The molecule has 0 aromatic heterocycles. The second-order valence-corrected chi connectivity index (χ2v) is 4.03. The average molecular weight is 244 g/mol. The van der Waals surface area contributed by atoms with Crippen molar-refractivity contribution in [3.05, 3.63) is 23.6 Å². The first kappa shape index (κ1) is 12.2. The highest BCUT2D eigenvalue weighted by atomic mass is 19.1. The van der Waals surface area contributed by atoms with Crippen molar-refractivity contribution in [1.29, 1.82) is 0 Å². The van der Waals surface area contributed by atoms with Crippen molar-refractivity contribution >= 4 is 5.91 Å². The van der Waals surface area contributed by atoms with Gasteiger partial charge in [0.15, 0.2) is 0 Å². The molecular formula is C11H14F2N2O2. The number of carbonyl (C=O) groups is 1. The van der Waals surface area contributed by atoms with Crippen molar-refractivity contribution in [3.8, 4) is 0 Å². The molecule has 1 fully saturated rings. The van der Waals surface area contributed by atoms with Crippen LogP contribution in [0.15, 0.2) is 23.6 Å². The van der Waals surface area contributed by atoms with Crippen LogP contribution in [-0.4, -0.2) is 49.3 Å². The Balaban J connectivity index is 2.12. The van der Waals surface area contributed by atoms with E-state index in [4.69, 9.17) is 10.5 Å². The fourth-order valence-corrected chi connectivity index (χ4v) is 1.80. The van der Waals surface area contributed by atoms with Gasteiger partial charge in [0.25, 0.3) is 5.91 Å². The van der Waals surface area contributed by atoms with E-state index in [0.717, 1.165) is 12.2 Å². The normalized spacial score (nSPS) is 29.7. The zero-order chi connectivity index (χ0) is 12.4. The van der Waals surface area contributed by atoms with Crippen LogP contribution in [-0.2, 0) is 9.53 Å². The van der Waals surface area contributed by atoms with Crippen molar-refractivity contribution in [3.63, 3.8) is 0 Å². The fraction of sp³-hybridized carbons (Fsp3) is 0.545. The van der Waals surface area contributed by atoms with Crippen LogP contribution < -0.4 is 5.73 Å². The number of amides is 1. The summed E-state index contributed by atoms with van der Waals surface area (Å²) in [6.45, 7) is 1.77. The Morgan fingerprint density at radius 2 is 2.12 bits per heavy atom. The number of hydrogen-bond donors (Lipinski definition) is 1. The standard InChI is InChI=1S/C11H14F2N2O2/c12-8-5-7(6-9(13)10(8)14)11(16)15-1-3-17-4-2-15/h5-6,8,10H,1-4,14H2. The number of rotatable bonds is 1. The van der Waals surface area contributed by atoms with Crippen LogP contribution in [0.1, 0.15) is 0 Å². The van der Waals surface area contributed by atoms with E-state index in [1.165, 1.54) is 4.90 Å². The molecule has 2 unspecified atom stereocenters. The zero-order valence-corrected chi connectivity index (χ0v) is 9.23. The number of alkyl halides is 1. The van der Waals surface area contributed by atoms with Crippen molar-refractivity contribution in [2.75, 3.05) is 26.3 Å². The fourth-order valence-electron chi connectivity index (χ4n) is 1.80. The molecule has 6 heteroatoms. The molecule has 17 heavy (non-hydrogen) atoms. The summed E-state index contributed by atoms with van der Waals surface area (Å²) in [6, 6.07) is -1.30. The number of hydrogen-bond acceptors (Lipinski definition) is 3. The van der Waals surface area contributed by atoms with Gasteiger partial charge in [0, 0.05) is 18.7 Å². The molecule has 1 aliphatic heterocycles. The minimum Gasteiger partial charge on any atom is -0.378 e. The largest absolute Gasteiger partial charge is 0.378 e. The lowest BCUT2D eigenvalue weighted by Gasteiger charge is -2.28. The van der Waals surface area contributed by atoms with Gasteiger partial charge in [-0.2, -0.15) is 0 Å². The van der Waals surface area contributed by atoms with E-state index >= 15 is 0 Å². The van der Waals surface area contributed by atoms with Crippen LogP contribution in [0.4, 0.5) is 8.78 Å². The van der Waals surface area contributed by atoms with E-state index in [9.17, 15) is 13.6 Å². The summed E-state index contributed by atoms with van der Waals surface area (Å²) >= 11 is 0. The van der Waals surface area contributed by atoms with Gasteiger partial charge in [-0.3, -0.25) is 4.79 Å². The molecule has 2 N–H and O–H groups in total. The summed E-state index contributed by atoms with van der Waals surface area (Å²) < 4.78 is 31.7. The Labute approximate surface area is 97.7 Å². The first-order chi connectivity index (χ1) is 8.09. The summed E-state index contributed by atoms with van der Waals surface area (Å²) in [7, 11) is 0. The average Bonchev–Trinajstić information content (AvgIpc) is 2.35. The van der Waals surface area contributed by atoms with Crippen LogP contribution in [0.25, 0.3) is 0 Å². The van der Waals surface area contributed by atoms with E-state index < -0.39 is 18.0 Å². The van der Waals surface area contributed by atoms with E-state index in [1.807, 2.05) is 0 Å². The number of halogens is 2. The van der Waals surface area contributed by atoms with Crippen molar-refractivity contribution in [2.24, 2.45) is 5.73 Å². The van der Waals surface area contributed by atoms with Gasteiger partial charge in [0.2, 0.25) is 0 Å². The number of nitrogens with zero attached hydrogens (tertiary/aromatic N) is 1. The summed E-state index contributed by atoms with van der Waals surface area (Å²) in [4.78, 5) is 13.5. The molecule has 0 spiro atoms. The Bertz CT molecular complexity index is 376. The third-order valence-electron chi connectivity index (χ3n) is 2.84. The minimum absolute atomic E-state index is 0.0265. The van der Waals surface area contributed by atoms with Gasteiger partial charge in [-0.15, -0.1) is 0 Å². The van der Waals surface area contributed by atoms with Gasteiger partial charge >= 0.3 is 0 Å². The van der Waals surface area contributed by atoms with Crippen LogP contribution in [0.3, 0.4) is 0 Å². The molecule has 2 rings (SSSR count). The van der Waals surface area contributed by atoms with Gasteiger partial charge in [-0.1, -0.05) is 0 Å². The topological polar surface area (TPSA) is 55.6 Å². The number of nitrogens with two attached hydrogens (primary N) is 1. The molecule has 0 radical (unpaired) electrons. The van der Waals surface area contributed by atoms with Gasteiger partial charge in [0.05, 0.1) is 19.3 Å². The highest BCUT2D eigenvalue weighted by molar-refractivity contribution is 5.96. The maximum Gasteiger partial charge on any atom is 0.253 e. The Morgan fingerprint density at radius 3 is 2.71 bits per heavy atom. The molecule has 2 atom stereocenters. The minimum atomic E-state index is -1.65. The number of morpholine rings is 1. The SMILES string of the molecule is NC1C(F)=CC(C(=O)N2CCOCC2)=CC1F. The first-order valence-corrected chi connectivity index (χ1v) is 5.45. The van der Waals surface area contributed by atoms with Gasteiger partial charge < -0.3 is 15.4 Å². The molecule has 0 bridgehead atoms. The third kappa shape index (κ3) is 2.53. The van der Waals surface area contributed by atoms with Crippen molar-refractivity contribution in [2.45, 2.75) is 12.2 Å². The van der Waals surface area contributed by atoms with Gasteiger partial charge in [-0.25, -0.2) is 8.78 Å². The van der Waals surface area contributed by atoms with Crippen LogP contribution in [0.2, 0.25) is 0 Å². The lowest BCUT2D eigenvalue weighted by Crippen LogP contribution is -2.42.